The topological polar surface area (TPSA) is 16.1 Å². The number of hydrogen-bond donors (Lipinski definition) is 0. The van der Waals surface area contributed by atoms with Gasteiger partial charge in [0.25, 0.3) is 0 Å². The molecule has 0 saturated carbocycles. The fraction of sp³-hybridized carbons (Fsp3) is 0.286. The Morgan fingerprint density at radius 2 is 2.10 bits per heavy atom. The van der Waals surface area contributed by atoms with Crippen LogP contribution in [0, 0.1) is 0 Å². The summed E-state index contributed by atoms with van der Waals surface area (Å²) in [5.74, 6) is 0.925. The van der Waals surface area contributed by atoms with Crippen LogP contribution in [0.3, 0.4) is 0 Å². The van der Waals surface area contributed by atoms with Crippen LogP contribution in [0.25, 0.3) is 0 Å². The second kappa shape index (κ2) is 2.73. The summed E-state index contributed by atoms with van der Waals surface area (Å²) >= 11 is 0. The third kappa shape index (κ3) is 1.50. The highest BCUT2D eigenvalue weighted by molar-refractivity contribution is 6.32. The molecule has 2 radical (unpaired) electrons. The van der Waals surface area contributed by atoms with Gasteiger partial charge in [0.05, 0.1) is 0 Å². The van der Waals surface area contributed by atoms with Gasteiger partial charge < -0.3 is 4.90 Å². The van der Waals surface area contributed by atoms with E-state index in [1.165, 1.54) is 0 Å². The van der Waals surface area contributed by atoms with Crippen molar-refractivity contribution in [1.29, 1.82) is 0 Å². The average Bonchev–Trinajstić information content (AvgIpc) is 1.88. The molecule has 0 bridgehead atoms. The number of aromatic nitrogens is 1. The van der Waals surface area contributed by atoms with Gasteiger partial charge >= 0.3 is 0 Å². The van der Waals surface area contributed by atoms with Crippen molar-refractivity contribution < 1.29 is 0 Å². The predicted octanol–water partition coefficient (Wildman–Crippen LogP) is -0.0586. The molecule has 50 valence electrons. The van der Waals surface area contributed by atoms with Gasteiger partial charge in [-0.1, -0.05) is 11.5 Å². The smallest absolute Gasteiger partial charge is 0.127 e. The molecule has 0 aromatic carbocycles. The summed E-state index contributed by atoms with van der Waals surface area (Å²) in [6, 6.07) is 3.72. The minimum absolute atomic E-state index is 0.700. The van der Waals surface area contributed by atoms with Gasteiger partial charge in [-0.2, -0.15) is 0 Å². The van der Waals surface area contributed by atoms with Crippen LogP contribution in [0.2, 0.25) is 0 Å². The summed E-state index contributed by atoms with van der Waals surface area (Å²) in [5.41, 5.74) is 0.700. The van der Waals surface area contributed by atoms with Gasteiger partial charge in [0, 0.05) is 20.3 Å². The molecule has 0 saturated heterocycles. The lowest BCUT2D eigenvalue weighted by Crippen LogP contribution is -2.12. The summed E-state index contributed by atoms with van der Waals surface area (Å²) in [7, 11) is 9.33. The van der Waals surface area contributed by atoms with Crippen LogP contribution in [0.1, 0.15) is 0 Å². The van der Waals surface area contributed by atoms with E-state index in [1.807, 2.05) is 31.1 Å². The standard InChI is InChI=1S/C7H9BN2/c1-10(2)7-4-3-6(8)5-9-7/h3-5H,1-2H3. The van der Waals surface area contributed by atoms with Crippen molar-refractivity contribution in [3.8, 4) is 0 Å². The molecular weight excluding hydrogens is 123 g/mol. The average molecular weight is 132 g/mol. The van der Waals surface area contributed by atoms with Crippen molar-refractivity contribution >= 4 is 19.1 Å². The van der Waals surface area contributed by atoms with Gasteiger partial charge in [0.1, 0.15) is 13.7 Å². The van der Waals surface area contributed by atoms with Gasteiger partial charge in [-0.15, -0.1) is 0 Å². The normalized spacial score (nSPS) is 9.40. The Kier molecular flexibility index (Phi) is 1.95. The molecule has 0 aliphatic heterocycles. The van der Waals surface area contributed by atoms with Crippen LogP contribution in [-0.4, -0.2) is 26.9 Å². The molecule has 3 heteroatoms. The molecule has 0 unspecified atom stereocenters. The molecule has 1 aromatic rings. The van der Waals surface area contributed by atoms with Crippen molar-refractivity contribution in [3.05, 3.63) is 18.3 Å². The van der Waals surface area contributed by atoms with Crippen LogP contribution >= 0.6 is 0 Å². The lowest BCUT2D eigenvalue weighted by atomic mass is 9.99. The maximum absolute atomic E-state index is 5.45. The molecule has 1 aromatic heterocycles. The van der Waals surface area contributed by atoms with Gasteiger partial charge in [-0.05, 0) is 6.07 Å². The maximum atomic E-state index is 5.45. The number of hydrogen-bond acceptors (Lipinski definition) is 2. The Bertz CT molecular complexity index is 205. The lowest BCUT2D eigenvalue weighted by Gasteiger charge is -2.09. The third-order valence-corrected chi connectivity index (χ3v) is 1.23. The van der Waals surface area contributed by atoms with Crippen LogP contribution in [-0.2, 0) is 0 Å². The highest BCUT2D eigenvalue weighted by Crippen LogP contribution is 2.00. The van der Waals surface area contributed by atoms with Crippen LogP contribution in [0.4, 0.5) is 5.82 Å². The quantitative estimate of drug-likeness (QED) is 0.497. The van der Waals surface area contributed by atoms with Crippen molar-refractivity contribution in [1.82, 2.24) is 4.98 Å². The van der Waals surface area contributed by atoms with Crippen molar-refractivity contribution in [2.45, 2.75) is 0 Å². The largest absolute Gasteiger partial charge is 0.363 e. The minimum Gasteiger partial charge on any atom is -0.363 e. The summed E-state index contributed by atoms with van der Waals surface area (Å²) in [6.45, 7) is 0. The Morgan fingerprint density at radius 3 is 2.50 bits per heavy atom. The van der Waals surface area contributed by atoms with E-state index in [0.717, 1.165) is 5.82 Å². The summed E-state index contributed by atoms with van der Waals surface area (Å²) < 4.78 is 0. The second-order valence-corrected chi connectivity index (χ2v) is 2.34. The highest BCUT2D eigenvalue weighted by atomic mass is 15.1. The SMILES string of the molecule is [B]c1ccc(N(C)C)nc1. The first-order valence-corrected chi connectivity index (χ1v) is 3.09. The zero-order valence-electron chi connectivity index (χ0n) is 6.20. The Hall–Kier alpha value is -0.985. The van der Waals surface area contributed by atoms with E-state index in [0.29, 0.717) is 5.46 Å². The Balaban J connectivity index is 2.89. The summed E-state index contributed by atoms with van der Waals surface area (Å²) in [6.07, 6.45) is 1.65. The lowest BCUT2D eigenvalue weighted by molar-refractivity contribution is 1.07. The van der Waals surface area contributed by atoms with Crippen LogP contribution in [0.5, 0.6) is 0 Å². The summed E-state index contributed by atoms with van der Waals surface area (Å²) in [5, 5.41) is 0. The van der Waals surface area contributed by atoms with Crippen LogP contribution in [0.15, 0.2) is 18.3 Å². The molecule has 0 atom stereocenters. The van der Waals surface area contributed by atoms with Crippen LogP contribution < -0.4 is 10.4 Å². The van der Waals surface area contributed by atoms with E-state index in [1.54, 1.807) is 6.20 Å². The first-order valence-electron chi connectivity index (χ1n) is 3.09. The van der Waals surface area contributed by atoms with Gasteiger partial charge in [0.2, 0.25) is 0 Å². The van der Waals surface area contributed by atoms with Crippen molar-refractivity contribution in [2.75, 3.05) is 19.0 Å². The van der Waals surface area contributed by atoms with Crippen molar-refractivity contribution in [2.24, 2.45) is 0 Å². The maximum Gasteiger partial charge on any atom is 0.127 e. The number of nitrogens with zero attached hydrogens (tertiary/aromatic N) is 2. The molecule has 1 rings (SSSR count). The van der Waals surface area contributed by atoms with E-state index < -0.39 is 0 Å². The highest BCUT2D eigenvalue weighted by Gasteiger charge is 1.92. The van der Waals surface area contributed by atoms with E-state index in [2.05, 4.69) is 4.98 Å². The molecule has 0 aliphatic rings. The fourth-order valence-electron chi connectivity index (χ4n) is 0.662. The minimum atomic E-state index is 0.700. The fourth-order valence-corrected chi connectivity index (χ4v) is 0.662. The monoisotopic (exact) mass is 132 g/mol. The van der Waals surface area contributed by atoms with Gasteiger partial charge in [-0.25, -0.2) is 4.98 Å². The molecule has 2 nitrogen and oxygen atoms in total. The van der Waals surface area contributed by atoms with Gasteiger partial charge in [-0.3, -0.25) is 0 Å². The predicted molar refractivity (Wildman–Crippen MR) is 44.0 cm³/mol. The zero-order chi connectivity index (χ0) is 7.56. The molecule has 0 aliphatic carbocycles. The second-order valence-electron chi connectivity index (χ2n) is 2.34. The molecule has 0 amide bonds. The third-order valence-electron chi connectivity index (χ3n) is 1.23. The van der Waals surface area contributed by atoms with E-state index in [4.69, 9.17) is 7.85 Å². The molecular formula is C7H9BN2. The first kappa shape index (κ1) is 7.13. The zero-order valence-corrected chi connectivity index (χ0v) is 6.20. The first-order chi connectivity index (χ1) is 4.70. The molecule has 0 fully saturated rings. The van der Waals surface area contributed by atoms with Crippen molar-refractivity contribution in [3.63, 3.8) is 0 Å². The van der Waals surface area contributed by atoms with E-state index in [-0.39, 0.29) is 0 Å². The Morgan fingerprint density at radius 1 is 1.40 bits per heavy atom. The number of pyridine rings is 1. The van der Waals surface area contributed by atoms with E-state index in [9.17, 15) is 0 Å². The summed E-state index contributed by atoms with van der Waals surface area (Å²) in [4.78, 5) is 6.01. The van der Waals surface area contributed by atoms with E-state index >= 15 is 0 Å². The molecule has 0 spiro atoms. The Labute approximate surface area is 62.3 Å². The molecule has 1 heterocycles. The number of rotatable bonds is 1. The molecule has 0 N–H and O–H groups in total. The number of anilines is 1. The van der Waals surface area contributed by atoms with Gasteiger partial charge in [0.15, 0.2) is 0 Å². The molecule has 10 heavy (non-hydrogen) atoms.